The second kappa shape index (κ2) is 5.21. The van der Waals surface area contributed by atoms with Crippen molar-refractivity contribution in [1.29, 1.82) is 0 Å². The second-order valence-electron chi connectivity index (χ2n) is 6.51. The van der Waals surface area contributed by atoms with Gasteiger partial charge in [-0.15, -0.1) is 11.3 Å². The summed E-state index contributed by atoms with van der Waals surface area (Å²) < 4.78 is 0. The summed E-state index contributed by atoms with van der Waals surface area (Å²) >= 11 is 1.86. The number of nitrogens with one attached hydrogen (secondary N) is 1. The van der Waals surface area contributed by atoms with Gasteiger partial charge in [0, 0.05) is 17.5 Å². The summed E-state index contributed by atoms with van der Waals surface area (Å²) in [5.41, 5.74) is 1.51. The average Bonchev–Trinajstić information content (AvgIpc) is 3.07. The van der Waals surface area contributed by atoms with Crippen molar-refractivity contribution in [2.75, 3.05) is 26.0 Å². The van der Waals surface area contributed by atoms with Gasteiger partial charge >= 0.3 is 0 Å². The lowest BCUT2D eigenvalue weighted by atomic mass is 10.1. The number of nitrogens with zero attached hydrogens (tertiary/aromatic N) is 3. The summed E-state index contributed by atoms with van der Waals surface area (Å²) in [4.78, 5) is 14.0. The first-order chi connectivity index (χ1) is 10.2. The van der Waals surface area contributed by atoms with Gasteiger partial charge in [-0.25, -0.2) is 9.97 Å². The Balaban J connectivity index is 1.61. The number of thiophene rings is 1. The van der Waals surface area contributed by atoms with Gasteiger partial charge in [-0.05, 0) is 57.7 Å². The summed E-state index contributed by atoms with van der Waals surface area (Å²) in [6.45, 7) is 0.981. The molecule has 0 aliphatic heterocycles. The highest BCUT2D eigenvalue weighted by Crippen LogP contribution is 2.39. The molecule has 5 heteroatoms. The van der Waals surface area contributed by atoms with Gasteiger partial charge in [0.15, 0.2) is 0 Å². The van der Waals surface area contributed by atoms with Crippen LogP contribution in [0.15, 0.2) is 6.33 Å². The molecule has 21 heavy (non-hydrogen) atoms. The zero-order valence-electron chi connectivity index (χ0n) is 12.7. The van der Waals surface area contributed by atoms with E-state index in [1.165, 1.54) is 47.9 Å². The molecule has 1 N–H and O–H groups in total. The molecule has 1 saturated carbocycles. The number of anilines is 1. The van der Waals surface area contributed by atoms with Crippen molar-refractivity contribution in [1.82, 2.24) is 14.9 Å². The number of likely N-dealkylation sites (N-methyl/N-ethyl adjacent to an activating group) is 1. The van der Waals surface area contributed by atoms with Gasteiger partial charge in [-0.2, -0.15) is 0 Å². The van der Waals surface area contributed by atoms with Crippen molar-refractivity contribution in [2.24, 2.45) is 5.92 Å². The SMILES string of the molecule is CN(C)C(CNc1ncnc2sc3c(c12)CCC3)C1CC1. The summed E-state index contributed by atoms with van der Waals surface area (Å²) in [5.74, 6) is 1.91. The zero-order valence-corrected chi connectivity index (χ0v) is 13.5. The van der Waals surface area contributed by atoms with Crippen molar-refractivity contribution in [2.45, 2.75) is 38.1 Å². The normalized spacial score (nSPS) is 19.2. The lowest BCUT2D eigenvalue weighted by Gasteiger charge is -2.24. The quantitative estimate of drug-likeness (QED) is 0.922. The largest absolute Gasteiger partial charge is 0.368 e. The predicted octanol–water partition coefficient (Wildman–Crippen LogP) is 2.93. The third kappa shape index (κ3) is 2.42. The van der Waals surface area contributed by atoms with Crippen LogP contribution in [0.3, 0.4) is 0 Å². The third-order valence-electron chi connectivity index (χ3n) is 4.81. The van der Waals surface area contributed by atoms with Crippen LogP contribution in [0.1, 0.15) is 29.7 Å². The minimum atomic E-state index is 0.613. The van der Waals surface area contributed by atoms with Gasteiger partial charge in [0.2, 0.25) is 0 Å². The molecule has 1 fully saturated rings. The first-order valence-electron chi connectivity index (χ1n) is 7.89. The van der Waals surface area contributed by atoms with Crippen LogP contribution in [0.2, 0.25) is 0 Å². The van der Waals surface area contributed by atoms with E-state index in [0.717, 1.165) is 23.1 Å². The number of fused-ring (bicyclic) bond motifs is 3. The Kier molecular flexibility index (Phi) is 3.34. The molecule has 1 unspecified atom stereocenters. The number of rotatable bonds is 5. The van der Waals surface area contributed by atoms with Crippen LogP contribution in [-0.4, -0.2) is 41.5 Å². The van der Waals surface area contributed by atoms with E-state index in [2.05, 4.69) is 34.3 Å². The number of hydrogen-bond donors (Lipinski definition) is 1. The predicted molar refractivity (Wildman–Crippen MR) is 88.1 cm³/mol. The van der Waals surface area contributed by atoms with Crippen molar-refractivity contribution in [3.05, 3.63) is 16.8 Å². The molecule has 4 nitrogen and oxygen atoms in total. The molecule has 2 heterocycles. The molecule has 0 amide bonds. The molecule has 0 bridgehead atoms. The maximum atomic E-state index is 4.53. The third-order valence-corrected chi connectivity index (χ3v) is 6.01. The van der Waals surface area contributed by atoms with Crippen LogP contribution in [-0.2, 0) is 12.8 Å². The molecular weight excluding hydrogens is 280 g/mol. The zero-order chi connectivity index (χ0) is 14.4. The highest BCUT2D eigenvalue weighted by Gasteiger charge is 2.32. The Morgan fingerprint density at radius 2 is 2.19 bits per heavy atom. The summed E-state index contributed by atoms with van der Waals surface area (Å²) in [6, 6.07) is 0.613. The van der Waals surface area contributed by atoms with Gasteiger partial charge in [0.25, 0.3) is 0 Å². The first kappa shape index (κ1) is 13.5. The molecule has 0 aromatic carbocycles. The smallest absolute Gasteiger partial charge is 0.138 e. The topological polar surface area (TPSA) is 41.0 Å². The Morgan fingerprint density at radius 1 is 1.33 bits per heavy atom. The molecule has 0 radical (unpaired) electrons. The molecule has 2 aromatic rings. The Morgan fingerprint density at radius 3 is 2.95 bits per heavy atom. The summed E-state index contributed by atoms with van der Waals surface area (Å²) in [7, 11) is 4.37. The van der Waals surface area contributed by atoms with Crippen molar-refractivity contribution >= 4 is 27.4 Å². The van der Waals surface area contributed by atoms with Crippen LogP contribution in [0.4, 0.5) is 5.82 Å². The van der Waals surface area contributed by atoms with E-state index in [9.17, 15) is 0 Å². The highest BCUT2D eigenvalue weighted by atomic mass is 32.1. The molecule has 2 aliphatic rings. The molecule has 0 saturated heterocycles. The fraction of sp³-hybridized carbons (Fsp3) is 0.625. The molecular formula is C16H22N4S. The van der Waals surface area contributed by atoms with Crippen LogP contribution >= 0.6 is 11.3 Å². The van der Waals surface area contributed by atoms with E-state index in [0.29, 0.717) is 6.04 Å². The van der Waals surface area contributed by atoms with Crippen LogP contribution in [0, 0.1) is 5.92 Å². The van der Waals surface area contributed by atoms with E-state index >= 15 is 0 Å². The van der Waals surface area contributed by atoms with Gasteiger partial charge in [-0.1, -0.05) is 0 Å². The maximum Gasteiger partial charge on any atom is 0.138 e. The maximum absolute atomic E-state index is 4.53. The monoisotopic (exact) mass is 302 g/mol. The van der Waals surface area contributed by atoms with Crippen molar-refractivity contribution in [3.8, 4) is 0 Å². The highest BCUT2D eigenvalue weighted by molar-refractivity contribution is 7.19. The van der Waals surface area contributed by atoms with Gasteiger partial charge < -0.3 is 10.2 Å². The number of hydrogen-bond acceptors (Lipinski definition) is 5. The summed E-state index contributed by atoms with van der Waals surface area (Å²) in [6.07, 6.45) is 8.15. The number of aromatic nitrogens is 2. The Bertz CT molecular complexity index is 658. The van der Waals surface area contributed by atoms with Gasteiger partial charge in [-0.3, -0.25) is 0 Å². The van der Waals surface area contributed by atoms with Gasteiger partial charge in [0.05, 0.1) is 5.39 Å². The number of aryl methyl sites for hydroxylation is 2. The fourth-order valence-corrected chi connectivity index (χ4v) is 4.74. The van der Waals surface area contributed by atoms with Gasteiger partial charge in [0.1, 0.15) is 17.0 Å². The lowest BCUT2D eigenvalue weighted by molar-refractivity contribution is 0.276. The second-order valence-corrected chi connectivity index (χ2v) is 7.59. The van der Waals surface area contributed by atoms with E-state index in [1.807, 2.05) is 11.3 Å². The van der Waals surface area contributed by atoms with Crippen LogP contribution < -0.4 is 5.32 Å². The summed E-state index contributed by atoms with van der Waals surface area (Å²) in [5, 5.41) is 4.91. The standard InChI is InChI=1S/C16H22N4S/c1-20(2)12(10-6-7-10)8-17-15-14-11-4-3-5-13(11)21-16(14)19-9-18-15/h9-10,12H,3-8H2,1-2H3,(H,17,18,19). The molecule has 1 atom stereocenters. The van der Waals surface area contributed by atoms with E-state index < -0.39 is 0 Å². The van der Waals surface area contributed by atoms with Crippen LogP contribution in [0.25, 0.3) is 10.2 Å². The molecule has 0 spiro atoms. The van der Waals surface area contributed by atoms with E-state index in [4.69, 9.17) is 0 Å². The first-order valence-corrected chi connectivity index (χ1v) is 8.71. The molecule has 4 rings (SSSR count). The Hall–Kier alpha value is -1.20. The van der Waals surface area contributed by atoms with E-state index in [1.54, 1.807) is 6.33 Å². The molecule has 2 aromatic heterocycles. The van der Waals surface area contributed by atoms with Crippen molar-refractivity contribution in [3.63, 3.8) is 0 Å². The average molecular weight is 302 g/mol. The molecule has 2 aliphatic carbocycles. The minimum Gasteiger partial charge on any atom is -0.368 e. The lowest BCUT2D eigenvalue weighted by Crippen LogP contribution is -2.36. The molecule has 112 valence electrons. The van der Waals surface area contributed by atoms with Crippen molar-refractivity contribution < 1.29 is 0 Å². The Labute approximate surface area is 129 Å². The fourth-order valence-electron chi connectivity index (χ4n) is 3.52. The van der Waals surface area contributed by atoms with Crippen LogP contribution in [0.5, 0.6) is 0 Å². The van der Waals surface area contributed by atoms with E-state index in [-0.39, 0.29) is 0 Å². The minimum absolute atomic E-state index is 0.613.